The van der Waals surface area contributed by atoms with Crippen LogP contribution < -0.4 is 20.8 Å². The fourth-order valence-corrected chi connectivity index (χ4v) is 4.10. The first-order valence-corrected chi connectivity index (χ1v) is 9.46. The summed E-state index contributed by atoms with van der Waals surface area (Å²) < 4.78 is 80.4. The number of ether oxygens (including phenoxy) is 1. The average Bonchev–Trinajstić information content (AvgIpc) is 2.91. The van der Waals surface area contributed by atoms with Gasteiger partial charge in [-0.25, -0.2) is 10.4 Å². The van der Waals surface area contributed by atoms with E-state index < -0.39 is 61.1 Å². The number of aliphatic hydroxyl groups excluding tert-OH is 1. The Hall–Kier alpha value is -2.09. The van der Waals surface area contributed by atoms with Crippen LogP contribution in [0.3, 0.4) is 0 Å². The predicted octanol–water partition coefficient (Wildman–Crippen LogP) is 2.36. The molecule has 0 saturated carbocycles. The zero-order valence-electron chi connectivity index (χ0n) is 16.5. The third kappa shape index (κ3) is 5.59. The standard InChI is InChI=1S/C18H22F6N4O3/c1-8(2)13(9-3-5-10(6-4-9)31-18(22,23)24)28-14-12(15(29)26-16(30)25-14)11(27-28)7-17(19,20)21/h3-6,8,11-14,16,25,27,30H,7H2,1-2H3,(H,26,29). The molecule has 4 N–H and O–H groups in total. The van der Waals surface area contributed by atoms with Crippen molar-refractivity contribution < 1.29 is 41.0 Å². The number of hydrazine groups is 1. The molecular formula is C18H22F6N4O3. The van der Waals surface area contributed by atoms with Crippen molar-refractivity contribution in [1.82, 2.24) is 21.1 Å². The van der Waals surface area contributed by atoms with Gasteiger partial charge < -0.3 is 15.2 Å². The number of halogens is 6. The molecule has 5 unspecified atom stereocenters. The van der Waals surface area contributed by atoms with E-state index >= 15 is 0 Å². The van der Waals surface area contributed by atoms with Crippen molar-refractivity contribution in [3.05, 3.63) is 29.8 Å². The van der Waals surface area contributed by atoms with E-state index in [1.54, 1.807) is 13.8 Å². The van der Waals surface area contributed by atoms with Crippen molar-refractivity contribution in [2.24, 2.45) is 11.8 Å². The molecule has 1 aromatic carbocycles. The molecule has 2 fully saturated rings. The number of benzene rings is 1. The minimum atomic E-state index is -4.86. The molecule has 0 bridgehead atoms. The molecule has 13 heteroatoms. The van der Waals surface area contributed by atoms with E-state index in [0.717, 1.165) is 12.1 Å². The largest absolute Gasteiger partial charge is 0.573 e. The predicted molar refractivity (Wildman–Crippen MR) is 94.7 cm³/mol. The maximum Gasteiger partial charge on any atom is 0.573 e. The summed E-state index contributed by atoms with van der Waals surface area (Å²) in [6, 6.07) is 3.04. The zero-order chi connectivity index (χ0) is 23.1. The molecule has 2 saturated heterocycles. The molecule has 1 aromatic rings. The average molecular weight is 456 g/mol. The van der Waals surface area contributed by atoms with Crippen molar-refractivity contribution in [3.8, 4) is 5.75 Å². The van der Waals surface area contributed by atoms with Crippen LogP contribution in [0.4, 0.5) is 26.3 Å². The molecule has 2 aliphatic heterocycles. The van der Waals surface area contributed by atoms with Crippen molar-refractivity contribution in [3.63, 3.8) is 0 Å². The molecule has 0 aromatic heterocycles. The first-order valence-electron chi connectivity index (χ1n) is 9.46. The Morgan fingerprint density at radius 1 is 1.13 bits per heavy atom. The summed E-state index contributed by atoms with van der Waals surface area (Å²) in [4.78, 5) is 12.4. The lowest BCUT2D eigenvalue weighted by molar-refractivity contribution is -0.274. The molecule has 5 atom stereocenters. The van der Waals surface area contributed by atoms with Gasteiger partial charge in [0.05, 0.1) is 24.5 Å². The van der Waals surface area contributed by atoms with Crippen LogP contribution >= 0.6 is 0 Å². The van der Waals surface area contributed by atoms with Crippen LogP contribution in [0, 0.1) is 11.8 Å². The number of nitrogens with one attached hydrogen (secondary N) is 3. The Kier molecular flexibility index (Phi) is 6.42. The van der Waals surface area contributed by atoms with Crippen LogP contribution in [-0.4, -0.2) is 47.1 Å². The van der Waals surface area contributed by atoms with Gasteiger partial charge in [0.25, 0.3) is 0 Å². The lowest BCUT2D eigenvalue weighted by Gasteiger charge is -2.39. The molecular weight excluding hydrogens is 434 g/mol. The summed E-state index contributed by atoms with van der Waals surface area (Å²) in [6.07, 6.45) is -13.1. The van der Waals surface area contributed by atoms with Gasteiger partial charge in [0, 0.05) is 6.04 Å². The second-order valence-electron chi connectivity index (χ2n) is 7.82. The number of amides is 1. The van der Waals surface area contributed by atoms with Gasteiger partial charge in [0.2, 0.25) is 5.91 Å². The number of nitrogens with zero attached hydrogens (tertiary/aromatic N) is 1. The van der Waals surface area contributed by atoms with Crippen LogP contribution in [0.15, 0.2) is 24.3 Å². The molecule has 1 amide bonds. The summed E-state index contributed by atoms with van der Waals surface area (Å²) in [5, 5.41) is 16.1. The summed E-state index contributed by atoms with van der Waals surface area (Å²) in [7, 11) is 0. The van der Waals surface area contributed by atoms with Crippen LogP contribution in [0.25, 0.3) is 0 Å². The number of rotatable bonds is 5. The fraction of sp³-hybridized carbons (Fsp3) is 0.611. The SMILES string of the molecule is CC(C)C(c1ccc(OC(F)(F)F)cc1)N1NC(CC(F)(F)F)C2C(=O)NC(O)NC21. The normalized spacial score (nSPS) is 28.4. The highest BCUT2D eigenvalue weighted by molar-refractivity contribution is 5.81. The van der Waals surface area contributed by atoms with Gasteiger partial charge in [-0.15, -0.1) is 13.2 Å². The highest BCUT2D eigenvalue weighted by Crippen LogP contribution is 2.39. The monoisotopic (exact) mass is 456 g/mol. The Labute approximate surface area is 173 Å². The van der Waals surface area contributed by atoms with E-state index in [-0.39, 0.29) is 5.92 Å². The van der Waals surface area contributed by atoms with Gasteiger partial charge >= 0.3 is 12.5 Å². The lowest BCUT2D eigenvalue weighted by Crippen LogP contribution is -2.65. The first kappa shape index (κ1) is 23.6. The van der Waals surface area contributed by atoms with Gasteiger partial charge in [0.15, 0.2) is 6.35 Å². The first-order chi connectivity index (χ1) is 14.2. The van der Waals surface area contributed by atoms with E-state index in [1.807, 2.05) is 0 Å². The summed E-state index contributed by atoms with van der Waals surface area (Å²) in [5.41, 5.74) is 3.23. The van der Waals surface area contributed by atoms with Crippen molar-refractivity contribution in [2.75, 3.05) is 0 Å². The van der Waals surface area contributed by atoms with E-state index in [1.165, 1.54) is 17.1 Å². The number of alkyl halides is 6. The number of carbonyl (C=O) groups excluding carboxylic acids is 1. The van der Waals surface area contributed by atoms with Gasteiger partial charge in [-0.1, -0.05) is 26.0 Å². The number of hydrogen-bond acceptors (Lipinski definition) is 6. The third-order valence-electron chi connectivity index (χ3n) is 5.14. The molecule has 0 radical (unpaired) electrons. The molecule has 7 nitrogen and oxygen atoms in total. The maximum absolute atomic E-state index is 13.1. The van der Waals surface area contributed by atoms with Gasteiger partial charge in [-0.2, -0.15) is 13.2 Å². The Bertz CT molecular complexity index is 786. The minimum Gasteiger partial charge on any atom is -0.406 e. The summed E-state index contributed by atoms with van der Waals surface area (Å²) in [6.45, 7) is 3.55. The van der Waals surface area contributed by atoms with Crippen molar-refractivity contribution >= 4 is 5.91 Å². The minimum absolute atomic E-state index is 0.226. The quantitative estimate of drug-likeness (QED) is 0.510. The fourth-order valence-electron chi connectivity index (χ4n) is 4.10. The van der Waals surface area contributed by atoms with Gasteiger partial charge in [-0.05, 0) is 23.6 Å². The molecule has 0 aliphatic carbocycles. The maximum atomic E-state index is 13.1. The molecule has 0 spiro atoms. The number of aliphatic hydroxyl groups is 1. The Morgan fingerprint density at radius 2 is 1.74 bits per heavy atom. The highest BCUT2D eigenvalue weighted by atomic mass is 19.4. The lowest BCUT2D eigenvalue weighted by atomic mass is 9.91. The number of carbonyl (C=O) groups is 1. The van der Waals surface area contributed by atoms with E-state index in [0.29, 0.717) is 5.56 Å². The summed E-state index contributed by atoms with van der Waals surface area (Å²) in [5.74, 6) is -2.56. The highest BCUT2D eigenvalue weighted by Gasteiger charge is 2.54. The number of hydrogen-bond donors (Lipinski definition) is 4. The van der Waals surface area contributed by atoms with E-state index in [9.17, 15) is 36.2 Å². The molecule has 2 aliphatic rings. The van der Waals surface area contributed by atoms with E-state index in [2.05, 4.69) is 20.8 Å². The smallest absolute Gasteiger partial charge is 0.406 e. The molecule has 31 heavy (non-hydrogen) atoms. The zero-order valence-corrected chi connectivity index (χ0v) is 16.5. The van der Waals surface area contributed by atoms with Crippen LogP contribution in [-0.2, 0) is 4.79 Å². The van der Waals surface area contributed by atoms with Gasteiger partial charge in [0.1, 0.15) is 5.75 Å². The molecule has 174 valence electrons. The third-order valence-corrected chi connectivity index (χ3v) is 5.14. The van der Waals surface area contributed by atoms with Crippen molar-refractivity contribution in [2.45, 2.75) is 57.4 Å². The van der Waals surface area contributed by atoms with Crippen molar-refractivity contribution in [1.29, 1.82) is 0 Å². The van der Waals surface area contributed by atoms with E-state index in [4.69, 9.17) is 0 Å². The second kappa shape index (κ2) is 8.45. The van der Waals surface area contributed by atoms with Gasteiger partial charge in [-0.3, -0.25) is 10.1 Å². The molecule has 3 rings (SSSR count). The Morgan fingerprint density at radius 3 is 2.26 bits per heavy atom. The number of fused-ring (bicyclic) bond motifs is 1. The topological polar surface area (TPSA) is 85.9 Å². The Balaban J connectivity index is 1.91. The summed E-state index contributed by atoms with van der Waals surface area (Å²) >= 11 is 0. The van der Waals surface area contributed by atoms with Crippen LogP contribution in [0.1, 0.15) is 31.9 Å². The second-order valence-corrected chi connectivity index (χ2v) is 7.82. The molecule has 2 heterocycles. The van der Waals surface area contributed by atoms with Crippen LogP contribution in [0.5, 0.6) is 5.75 Å². The van der Waals surface area contributed by atoms with Crippen LogP contribution in [0.2, 0.25) is 0 Å².